The zero-order valence-electron chi connectivity index (χ0n) is 16.2. The van der Waals surface area contributed by atoms with Crippen LogP contribution < -0.4 is 5.32 Å². The first kappa shape index (κ1) is 19.7. The summed E-state index contributed by atoms with van der Waals surface area (Å²) in [6.45, 7) is 7.00. The molecule has 4 atom stereocenters. The second kappa shape index (κ2) is 8.75. The zero-order chi connectivity index (χ0) is 19.4. The van der Waals surface area contributed by atoms with E-state index in [0.29, 0.717) is 24.3 Å². The van der Waals surface area contributed by atoms with Crippen LogP contribution in [0, 0.1) is 23.7 Å². The molecule has 0 spiro atoms. The molecule has 146 valence electrons. The molecule has 0 unspecified atom stereocenters. The zero-order valence-corrected chi connectivity index (χ0v) is 16.2. The number of amides is 1. The topological polar surface area (TPSA) is 69.6 Å². The monoisotopic (exact) mass is 369 g/mol. The maximum absolute atomic E-state index is 12.7. The van der Waals surface area contributed by atoms with E-state index < -0.39 is 0 Å². The highest BCUT2D eigenvalue weighted by atomic mass is 16.3. The van der Waals surface area contributed by atoms with Crippen LogP contribution in [0.25, 0.3) is 0 Å². The molecule has 4 heteroatoms. The molecule has 2 aliphatic rings. The van der Waals surface area contributed by atoms with Gasteiger partial charge in [0.05, 0.1) is 6.61 Å². The van der Waals surface area contributed by atoms with Crippen molar-refractivity contribution in [2.75, 3.05) is 13.2 Å². The van der Waals surface area contributed by atoms with Crippen molar-refractivity contribution in [2.24, 2.45) is 23.7 Å². The molecule has 0 aromatic heterocycles. The normalized spacial score (nSPS) is 27.4. The van der Waals surface area contributed by atoms with Gasteiger partial charge in [-0.3, -0.25) is 4.79 Å². The van der Waals surface area contributed by atoms with Crippen molar-refractivity contribution >= 4 is 5.91 Å². The molecule has 0 aliphatic heterocycles. The quantitative estimate of drug-likeness (QED) is 0.671. The Kier molecular flexibility index (Phi) is 6.38. The largest absolute Gasteiger partial charge is 0.508 e. The van der Waals surface area contributed by atoms with Gasteiger partial charge in [-0.15, -0.1) is 0 Å². The van der Waals surface area contributed by atoms with Crippen LogP contribution in [-0.4, -0.2) is 29.3 Å². The SMILES string of the molecule is C=C(CO)[C@H]1CC[C@H](C)[C@@H]2CCC(C(=O)NCCc3ccc(O)cc3)=C[C@@H]21. The van der Waals surface area contributed by atoms with E-state index in [9.17, 15) is 15.0 Å². The predicted molar refractivity (Wildman–Crippen MR) is 107 cm³/mol. The number of carbonyl (C=O) groups is 1. The van der Waals surface area contributed by atoms with Crippen LogP contribution in [0.4, 0.5) is 0 Å². The Morgan fingerprint density at radius 1 is 1.22 bits per heavy atom. The van der Waals surface area contributed by atoms with E-state index in [0.717, 1.165) is 42.4 Å². The predicted octanol–water partition coefficient (Wildman–Crippen LogP) is 3.60. The molecule has 0 bridgehead atoms. The number of rotatable bonds is 6. The highest BCUT2D eigenvalue weighted by molar-refractivity contribution is 5.93. The van der Waals surface area contributed by atoms with Crippen LogP contribution in [0.5, 0.6) is 5.75 Å². The van der Waals surface area contributed by atoms with E-state index in [1.54, 1.807) is 12.1 Å². The van der Waals surface area contributed by atoms with Gasteiger partial charge in [-0.1, -0.05) is 31.7 Å². The van der Waals surface area contributed by atoms with Crippen molar-refractivity contribution < 1.29 is 15.0 Å². The van der Waals surface area contributed by atoms with E-state index in [1.165, 1.54) is 6.42 Å². The molecule has 0 heterocycles. The summed E-state index contributed by atoms with van der Waals surface area (Å²) in [5, 5.41) is 21.9. The van der Waals surface area contributed by atoms with Gasteiger partial charge in [-0.2, -0.15) is 0 Å². The van der Waals surface area contributed by atoms with Crippen LogP contribution >= 0.6 is 0 Å². The first-order chi connectivity index (χ1) is 13.0. The van der Waals surface area contributed by atoms with Gasteiger partial charge in [0.2, 0.25) is 5.91 Å². The first-order valence-corrected chi connectivity index (χ1v) is 10.0. The Bertz CT molecular complexity index is 707. The molecule has 4 nitrogen and oxygen atoms in total. The summed E-state index contributed by atoms with van der Waals surface area (Å²) in [6, 6.07) is 7.08. The molecule has 1 aromatic rings. The second-order valence-corrected chi connectivity index (χ2v) is 8.12. The van der Waals surface area contributed by atoms with E-state index in [4.69, 9.17) is 0 Å². The number of benzene rings is 1. The molecular formula is C23H31NO3. The number of nitrogens with one attached hydrogen (secondary N) is 1. The molecule has 1 amide bonds. The Hall–Kier alpha value is -2.07. The van der Waals surface area contributed by atoms with E-state index in [1.807, 2.05) is 12.1 Å². The summed E-state index contributed by atoms with van der Waals surface area (Å²) in [7, 11) is 0. The number of aromatic hydroxyl groups is 1. The van der Waals surface area contributed by atoms with E-state index >= 15 is 0 Å². The molecule has 3 N–H and O–H groups in total. The minimum absolute atomic E-state index is 0.0267. The third kappa shape index (κ3) is 4.62. The summed E-state index contributed by atoms with van der Waals surface area (Å²) >= 11 is 0. The summed E-state index contributed by atoms with van der Waals surface area (Å²) in [5.74, 6) is 2.13. The Morgan fingerprint density at radius 2 is 1.96 bits per heavy atom. The lowest BCUT2D eigenvalue weighted by Crippen LogP contribution is -2.38. The lowest BCUT2D eigenvalue weighted by atomic mass is 9.61. The minimum Gasteiger partial charge on any atom is -0.508 e. The van der Waals surface area contributed by atoms with Crippen molar-refractivity contribution in [3.63, 3.8) is 0 Å². The van der Waals surface area contributed by atoms with Gasteiger partial charge >= 0.3 is 0 Å². The maximum atomic E-state index is 12.7. The Labute approximate surface area is 162 Å². The number of aliphatic hydroxyl groups is 1. The molecular weight excluding hydrogens is 338 g/mol. The van der Waals surface area contributed by atoms with Gasteiger partial charge < -0.3 is 15.5 Å². The number of aliphatic hydroxyl groups excluding tert-OH is 1. The molecule has 27 heavy (non-hydrogen) atoms. The third-order valence-electron chi connectivity index (χ3n) is 6.42. The van der Waals surface area contributed by atoms with Gasteiger partial charge in [0.1, 0.15) is 5.75 Å². The molecule has 3 rings (SSSR count). The Morgan fingerprint density at radius 3 is 2.67 bits per heavy atom. The van der Waals surface area contributed by atoms with Gasteiger partial charge in [-0.25, -0.2) is 0 Å². The van der Waals surface area contributed by atoms with Crippen LogP contribution in [0.2, 0.25) is 0 Å². The van der Waals surface area contributed by atoms with Crippen LogP contribution in [0.15, 0.2) is 48.1 Å². The third-order valence-corrected chi connectivity index (χ3v) is 6.42. The van der Waals surface area contributed by atoms with Gasteiger partial charge in [0.15, 0.2) is 0 Å². The number of hydrogen-bond donors (Lipinski definition) is 3. The highest BCUT2D eigenvalue weighted by Gasteiger charge is 2.39. The van der Waals surface area contributed by atoms with Crippen molar-refractivity contribution in [1.29, 1.82) is 0 Å². The summed E-state index contributed by atoms with van der Waals surface area (Å²) < 4.78 is 0. The summed E-state index contributed by atoms with van der Waals surface area (Å²) in [4.78, 5) is 12.7. The lowest BCUT2D eigenvalue weighted by Gasteiger charge is -2.44. The fourth-order valence-electron chi connectivity index (χ4n) is 4.76. The fraction of sp³-hybridized carbons (Fsp3) is 0.522. The van der Waals surface area contributed by atoms with Crippen molar-refractivity contribution in [1.82, 2.24) is 5.32 Å². The first-order valence-electron chi connectivity index (χ1n) is 10.0. The van der Waals surface area contributed by atoms with Gasteiger partial charge in [0, 0.05) is 12.1 Å². The number of fused-ring (bicyclic) bond motifs is 1. The highest BCUT2D eigenvalue weighted by Crippen LogP contribution is 2.47. The molecule has 1 fully saturated rings. The number of phenols is 1. The fourth-order valence-corrected chi connectivity index (χ4v) is 4.76. The summed E-state index contributed by atoms with van der Waals surface area (Å²) in [5.41, 5.74) is 2.88. The number of hydrogen-bond acceptors (Lipinski definition) is 3. The molecule has 1 saturated carbocycles. The number of carbonyl (C=O) groups excluding carboxylic acids is 1. The van der Waals surface area contributed by atoms with Crippen molar-refractivity contribution in [3.8, 4) is 5.75 Å². The van der Waals surface area contributed by atoms with E-state index in [-0.39, 0.29) is 24.2 Å². The smallest absolute Gasteiger partial charge is 0.246 e. The lowest BCUT2D eigenvalue weighted by molar-refractivity contribution is -0.117. The standard InChI is InChI=1S/C23H31NO3/c1-15-3-9-21(16(2)14-25)22-13-18(6-10-20(15)22)23(27)24-12-11-17-4-7-19(26)8-5-17/h4-5,7-8,13,15,20-22,25-26H,2-3,6,9-12,14H2,1H3,(H,24,27)/t15-,20-,21+,22-/m0/s1. The number of phenolic OH excluding ortho intramolecular Hbond substituents is 1. The molecule has 0 radical (unpaired) electrons. The minimum atomic E-state index is 0.0267. The molecule has 2 aliphatic carbocycles. The average Bonchev–Trinajstić information content (AvgIpc) is 2.69. The second-order valence-electron chi connectivity index (χ2n) is 8.12. The average molecular weight is 370 g/mol. The Balaban J connectivity index is 1.62. The number of allylic oxidation sites excluding steroid dienone is 1. The maximum Gasteiger partial charge on any atom is 0.246 e. The van der Waals surface area contributed by atoms with Crippen LogP contribution in [0.3, 0.4) is 0 Å². The van der Waals surface area contributed by atoms with Gasteiger partial charge in [-0.05, 0) is 79.0 Å². The van der Waals surface area contributed by atoms with Crippen molar-refractivity contribution in [2.45, 2.75) is 39.0 Å². The van der Waals surface area contributed by atoms with Crippen molar-refractivity contribution in [3.05, 3.63) is 53.6 Å². The summed E-state index contributed by atoms with van der Waals surface area (Å²) in [6.07, 6.45) is 7.01. The van der Waals surface area contributed by atoms with Crippen LogP contribution in [-0.2, 0) is 11.2 Å². The van der Waals surface area contributed by atoms with E-state index in [2.05, 4.69) is 24.9 Å². The molecule has 1 aromatic carbocycles. The van der Waals surface area contributed by atoms with Gasteiger partial charge in [0.25, 0.3) is 0 Å². The van der Waals surface area contributed by atoms with Crippen LogP contribution in [0.1, 0.15) is 38.2 Å². The molecule has 0 saturated heterocycles.